The normalized spacial score (nSPS) is 9.42. The van der Waals surface area contributed by atoms with Gasteiger partial charge in [0.05, 0.1) is 6.54 Å². The lowest BCUT2D eigenvalue weighted by Gasteiger charge is -2.15. The van der Waals surface area contributed by atoms with Crippen LogP contribution in [0.3, 0.4) is 0 Å². The summed E-state index contributed by atoms with van der Waals surface area (Å²) in [5, 5.41) is 0. The zero-order chi connectivity index (χ0) is 8.81. The Morgan fingerprint density at radius 1 is 1.58 bits per heavy atom. The number of hydrogen-bond donors (Lipinski definition) is 0. The Labute approximate surface area is 75.9 Å². The summed E-state index contributed by atoms with van der Waals surface area (Å²) in [5.41, 5.74) is 0. The Bertz CT molecular complexity index is 238. The molecule has 0 fully saturated rings. The van der Waals surface area contributed by atoms with Crippen molar-refractivity contribution in [1.29, 1.82) is 0 Å². The molecule has 0 atom stereocenters. The van der Waals surface area contributed by atoms with E-state index in [1.165, 1.54) is 12.7 Å². The molecule has 1 aromatic rings. The van der Waals surface area contributed by atoms with Gasteiger partial charge >= 0.3 is 0 Å². The molecule has 64 valence electrons. The van der Waals surface area contributed by atoms with Crippen molar-refractivity contribution in [1.82, 2.24) is 15.0 Å². The maximum Gasteiger partial charge on any atom is 0.238 e. The summed E-state index contributed by atoms with van der Waals surface area (Å²) in [7, 11) is 0. The van der Waals surface area contributed by atoms with E-state index in [4.69, 9.17) is 0 Å². The first-order valence-corrected chi connectivity index (χ1v) is 4.61. The fourth-order valence-electron chi connectivity index (χ4n) is 0.717. The lowest BCUT2D eigenvalue weighted by molar-refractivity contribution is 0.995. The molecule has 5 heteroatoms. The summed E-state index contributed by atoms with van der Waals surface area (Å²) in [6.07, 6.45) is 6.73. The quantitative estimate of drug-likeness (QED) is 0.516. The van der Waals surface area contributed by atoms with Crippen LogP contribution in [0.1, 0.15) is 0 Å². The van der Waals surface area contributed by atoms with E-state index in [0.717, 1.165) is 6.54 Å². The second-order valence-corrected chi connectivity index (χ2v) is 2.78. The summed E-state index contributed by atoms with van der Waals surface area (Å²) in [6.45, 7) is 4.38. The second-order valence-electron chi connectivity index (χ2n) is 1.97. The Kier molecular flexibility index (Phi) is 3.53. The van der Waals surface area contributed by atoms with Gasteiger partial charge in [0.2, 0.25) is 5.95 Å². The highest BCUT2D eigenvalue weighted by molar-refractivity contribution is 7.99. The van der Waals surface area contributed by atoms with Crippen LogP contribution < -0.4 is 4.31 Å². The SMILES string of the molecule is C=CCN(SC)c1ncncn1. The van der Waals surface area contributed by atoms with Crippen molar-refractivity contribution in [2.24, 2.45) is 0 Å². The van der Waals surface area contributed by atoms with Crippen molar-refractivity contribution >= 4 is 17.9 Å². The maximum absolute atomic E-state index is 4.00. The fraction of sp³-hybridized carbons (Fsp3) is 0.286. The number of nitrogens with zero attached hydrogens (tertiary/aromatic N) is 4. The van der Waals surface area contributed by atoms with E-state index in [1.54, 1.807) is 18.0 Å². The minimum absolute atomic E-state index is 0.664. The summed E-state index contributed by atoms with van der Waals surface area (Å²) in [6, 6.07) is 0. The second kappa shape index (κ2) is 4.71. The van der Waals surface area contributed by atoms with Gasteiger partial charge in [0.25, 0.3) is 0 Å². The number of aromatic nitrogens is 3. The van der Waals surface area contributed by atoms with Crippen molar-refractivity contribution in [2.75, 3.05) is 17.1 Å². The van der Waals surface area contributed by atoms with Crippen LogP contribution in [0.2, 0.25) is 0 Å². The third-order valence-electron chi connectivity index (χ3n) is 1.22. The van der Waals surface area contributed by atoms with E-state index in [1.807, 2.05) is 10.6 Å². The van der Waals surface area contributed by atoms with Crippen LogP contribution in [-0.2, 0) is 0 Å². The van der Waals surface area contributed by atoms with E-state index in [9.17, 15) is 0 Å². The van der Waals surface area contributed by atoms with E-state index < -0.39 is 0 Å². The highest BCUT2D eigenvalue weighted by Gasteiger charge is 2.03. The molecule has 0 radical (unpaired) electrons. The first kappa shape index (κ1) is 8.99. The third kappa shape index (κ3) is 2.20. The van der Waals surface area contributed by atoms with Crippen molar-refractivity contribution in [3.8, 4) is 0 Å². The minimum Gasteiger partial charge on any atom is -0.281 e. The monoisotopic (exact) mass is 182 g/mol. The molecule has 1 rings (SSSR count). The van der Waals surface area contributed by atoms with Gasteiger partial charge in [0.1, 0.15) is 12.7 Å². The molecule has 1 heterocycles. The van der Waals surface area contributed by atoms with Crippen LogP contribution in [0.15, 0.2) is 25.3 Å². The highest BCUT2D eigenvalue weighted by atomic mass is 32.2. The Morgan fingerprint density at radius 3 is 2.75 bits per heavy atom. The van der Waals surface area contributed by atoms with Gasteiger partial charge in [-0.1, -0.05) is 18.0 Å². The highest BCUT2D eigenvalue weighted by Crippen LogP contribution is 2.12. The predicted molar refractivity (Wildman–Crippen MR) is 50.9 cm³/mol. The Balaban J connectivity index is 2.72. The van der Waals surface area contributed by atoms with Gasteiger partial charge in [-0.25, -0.2) is 15.0 Å². The van der Waals surface area contributed by atoms with Gasteiger partial charge in [-0.3, -0.25) is 4.31 Å². The van der Waals surface area contributed by atoms with Gasteiger partial charge in [0.15, 0.2) is 0 Å². The molecule has 0 aliphatic heterocycles. The average Bonchev–Trinajstić information content (AvgIpc) is 2.15. The molecular weight excluding hydrogens is 172 g/mol. The number of anilines is 1. The Hall–Kier alpha value is -1.10. The lowest BCUT2D eigenvalue weighted by Crippen LogP contribution is -2.16. The molecule has 0 aliphatic carbocycles. The van der Waals surface area contributed by atoms with Crippen molar-refractivity contribution < 1.29 is 0 Å². The van der Waals surface area contributed by atoms with Crippen LogP contribution >= 0.6 is 11.9 Å². The summed E-state index contributed by atoms with van der Waals surface area (Å²) in [4.78, 5) is 11.7. The standard InChI is InChI=1S/C7H10N4S/c1-3-4-11(12-2)7-9-5-8-6-10-7/h3,5-6H,1,4H2,2H3. The number of rotatable bonds is 4. The van der Waals surface area contributed by atoms with Crippen LogP contribution in [-0.4, -0.2) is 27.8 Å². The van der Waals surface area contributed by atoms with Crippen LogP contribution in [0, 0.1) is 0 Å². The molecule has 0 amide bonds. The zero-order valence-electron chi connectivity index (χ0n) is 6.84. The smallest absolute Gasteiger partial charge is 0.238 e. The molecule has 0 spiro atoms. The predicted octanol–water partition coefficient (Wildman–Crippen LogP) is 1.14. The van der Waals surface area contributed by atoms with Gasteiger partial charge in [-0.05, 0) is 0 Å². The molecule has 12 heavy (non-hydrogen) atoms. The van der Waals surface area contributed by atoms with Gasteiger partial charge in [0, 0.05) is 6.26 Å². The van der Waals surface area contributed by atoms with E-state index in [2.05, 4.69) is 21.5 Å². The molecule has 4 nitrogen and oxygen atoms in total. The maximum atomic E-state index is 4.00. The van der Waals surface area contributed by atoms with Crippen molar-refractivity contribution in [2.45, 2.75) is 0 Å². The van der Waals surface area contributed by atoms with Crippen molar-refractivity contribution in [3.63, 3.8) is 0 Å². The first-order chi connectivity index (χ1) is 5.88. The van der Waals surface area contributed by atoms with Gasteiger partial charge in [-0.15, -0.1) is 6.58 Å². The largest absolute Gasteiger partial charge is 0.281 e. The topological polar surface area (TPSA) is 41.9 Å². The van der Waals surface area contributed by atoms with Crippen LogP contribution in [0.25, 0.3) is 0 Å². The van der Waals surface area contributed by atoms with Gasteiger partial charge in [-0.2, -0.15) is 0 Å². The van der Waals surface area contributed by atoms with Crippen LogP contribution in [0.4, 0.5) is 5.95 Å². The molecular formula is C7H10N4S. The van der Waals surface area contributed by atoms with E-state index in [-0.39, 0.29) is 0 Å². The van der Waals surface area contributed by atoms with Crippen molar-refractivity contribution in [3.05, 3.63) is 25.3 Å². The summed E-state index contributed by atoms with van der Waals surface area (Å²) >= 11 is 1.56. The molecule has 0 saturated carbocycles. The Morgan fingerprint density at radius 2 is 2.25 bits per heavy atom. The molecule has 1 aromatic heterocycles. The summed E-state index contributed by atoms with van der Waals surface area (Å²) in [5.74, 6) is 0.664. The first-order valence-electron chi connectivity index (χ1n) is 3.43. The average molecular weight is 182 g/mol. The minimum atomic E-state index is 0.664. The van der Waals surface area contributed by atoms with Gasteiger partial charge < -0.3 is 0 Å². The molecule has 0 saturated heterocycles. The number of hydrogen-bond acceptors (Lipinski definition) is 5. The van der Waals surface area contributed by atoms with Crippen LogP contribution in [0.5, 0.6) is 0 Å². The molecule has 0 N–H and O–H groups in total. The summed E-state index contributed by atoms with van der Waals surface area (Å²) < 4.78 is 1.93. The molecule has 0 unspecified atom stereocenters. The molecule has 0 aliphatic rings. The lowest BCUT2D eigenvalue weighted by atomic mass is 10.6. The van der Waals surface area contributed by atoms with E-state index in [0.29, 0.717) is 5.95 Å². The van der Waals surface area contributed by atoms with E-state index >= 15 is 0 Å². The molecule has 0 aromatic carbocycles. The fourth-order valence-corrected chi connectivity index (χ4v) is 1.23. The third-order valence-corrected chi connectivity index (χ3v) is 1.97. The molecule has 0 bridgehead atoms. The zero-order valence-corrected chi connectivity index (χ0v) is 7.66.